The molecule has 0 aliphatic heterocycles. The van der Waals surface area contributed by atoms with Gasteiger partial charge >= 0.3 is 0 Å². The number of rotatable bonds is 4. The van der Waals surface area contributed by atoms with Gasteiger partial charge in [0.15, 0.2) is 0 Å². The molecule has 1 aromatic heterocycles. The highest BCUT2D eigenvalue weighted by Crippen LogP contribution is 2.16. The van der Waals surface area contributed by atoms with E-state index in [-0.39, 0.29) is 6.61 Å². The van der Waals surface area contributed by atoms with Crippen molar-refractivity contribution in [1.82, 2.24) is 15.0 Å². The van der Waals surface area contributed by atoms with Crippen molar-refractivity contribution >= 4 is 11.0 Å². The molecule has 0 aliphatic carbocycles. The van der Waals surface area contributed by atoms with Gasteiger partial charge in [-0.05, 0) is 12.5 Å². The SMILES string of the molecule is CCCCn1nnc2cccc(CO)c21. The van der Waals surface area contributed by atoms with E-state index in [9.17, 15) is 5.11 Å². The van der Waals surface area contributed by atoms with Crippen molar-refractivity contribution < 1.29 is 5.11 Å². The van der Waals surface area contributed by atoms with Crippen LogP contribution < -0.4 is 0 Å². The fourth-order valence-electron chi connectivity index (χ4n) is 1.70. The molecular weight excluding hydrogens is 190 g/mol. The number of aromatic nitrogens is 3. The van der Waals surface area contributed by atoms with Gasteiger partial charge in [-0.1, -0.05) is 30.7 Å². The van der Waals surface area contributed by atoms with E-state index in [1.807, 2.05) is 22.9 Å². The maximum absolute atomic E-state index is 9.23. The molecule has 2 rings (SSSR count). The molecule has 0 spiro atoms. The smallest absolute Gasteiger partial charge is 0.113 e. The van der Waals surface area contributed by atoms with Gasteiger partial charge in [0.25, 0.3) is 0 Å². The van der Waals surface area contributed by atoms with Crippen molar-refractivity contribution in [2.24, 2.45) is 0 Å². The van der Waals surface area contributed by atoms with Gasteiger partial charge < -0.3 is 5.11 Å². The molecule has 0 atom stereocenters. The molecule has 4 heteroatoms. The second-order valence-corrected chi connectivity index (χ2v) is 3.61. The first kappa shape index (κ1) is 10.1. The summed E-state index contributed by atoms with van der Waals surface area (Å²) in [7, 11) is 0. The van der Waals surface area contributed by atoms with E-state index in [1.165, 1.54) is 0 Å². The lowest BCUT2D eigenvalue weighted by atomic mass is 10.2. The number of benzene rings is 1. The van der Waals surface area contributed by atoms with Crippen molar-refractivity contribution in [2.45, 2.75) is 32.9 Å². The molecule has 0 aliphatic rings. The van der Waals surface area contributed by atoms with Crippen molar-refractivity contribution in [1.29, 1.82) is 0 Å². The molecule has 0 saturated carbocycles. The summed E-state index contributed by atoms with van der Waals surface area (Å²) in [5, 5.41) is 17.4. The van der Waals surface area contributed by atoms with Crippen LogP contribution in [0, 0.1) is 0 Å². The normalized spacial score (nSPS) is 11.1. The third-order valence-electron chi connectivity index (χ3n) is 2.51. The number of hydrogen-bond donors (Lipinski definition) is 1. The van der Waals surface area contributed by atoms with E-state index >= 15 is 0 Å². The number of aliphatic hydroxyl groups excluding tert-OH is 1. The summed E-state index contributed by atoms with van der Waals surface area (Å²) in [6, 6.07) is 5.73. The van der Waals surface area contributed by atoms with Crippen LogP contribution in [0.2, 0.25) is 0 Å². The second-order valence-electron chi connectivity index (χ2n) is 3.61. The molecule has 0 bridgehead atoms. The molecule has 15 heavy (non-hydrogen) atoms. The van der Waals surface area contributed by atoms with Crippen LogP contribution in [0.3, 0.4) is 0 Å². The van der Waals surface area contributed by atoms with E-state index in [2.05, 4.69) is 17.2 Å². The summed E-state index contributed by atoms with van der Waals surface area (Å²) in [5.41, 5.74) is 2.72. The molecule has 0 radical (unpaired) electrons. The maximum atomic E-state index is 9.23. The predicted molar refractivity (Wildman–Crippen MR) is 58.4 cm³/mol. The third-order valence-corrected chi connectivity index (χ3v) is 2.51. The summed E-state index contributed by atoms with van der Waals surface area (Å²) in [6.45, 7) is 3.05. The lowest BCUT2D eigenvalue weighted by molar-refractivity contribution is 0.282. The van der Waals surface area contributed by atoms with Gasteiger partial charge in [0, 0.05) is 12.1 Å². The van der Waals surface area contributed by atoms with Crippen LogP contribution in [0.4, 0.5) is 0 Å². The van der Waals surface area contributed by atoms with E-state index in [0.29, 0.717) is 0 Å². The van der Waals surface area contributed by atoms with Crippen LogP contribution in [0.5, 0.6) is 0 Å². The van der Waals surface area contributed by atoms with Crippen molar-refractivity contribution in [2.75, 3.05) is 0 Å². The molecule has 80 valence electrons. The molecule has 0 fully saturated rings. The number of aliphatic hydroxyl groups is 1. The van der Waals surface area contributed by atoms with E-state index in [1.54, 1.807) is 0 Å². The third kappa shape index (κ3) is 1.85. The molecule has 1 aromatic carbocycles. The van der Waals surface area contributed by atoms with Crippen LogP contribution >= 0.6 is 0 Å². The van der Waals surface area contributed by atoms with Crippen molar-refractivity contribution in [3.63, 3.8) is 0 Å². The molecule has 0 unspecified atom stereocenters. The Morgan fingerprint density at radius 1 is 1.40 bits per heavy atom. The number of nitrogens with zero attached hydrogens (tertiary/aromatic N) is 3. The van der Waals surface area contributed by atoms with Gasteiger partial charge in [-0.3, -0.25) is 0 Å². The molecule has 0 saturated heterocycles. The summed E-state index contributed by atoms with van der Waals surface area (Å²) < 4.78 is 1.88. The first-order valence-corrected chi connectivity index (χ1v) is 5.28. The predicted octanol–water partition coefficient (Wildman–Crippen LogP) is 1.72. The molecule has 0 amide bonds. The number of fused-ring (bicyclic) bond motifs is 1. The first-order valence-electron chi connectivity index (χ1n) is 5.28. The lowest BCUT2D eigenvalue weighted by Crippen LogP contribution is -2.01. The Morgan fingerprint density at radius 2 is 2.27 bits per heavy atom. The minimum Gasteiger partial charge on any atom is -0.392 e. The highest BCUT2D eigenvalue weighted by Gasteiger charge is 2.07. The lowest BCUT2D eigenvalue weighted by Gasteiger charge is -2.03. The van der Waals surface area contributed by atoms with Gasteiger partial charge in [0.05, 0.1) is 12.1 Å². The molecule has 2 aromatic rings. The molecular formula is C11H15N3O. The van der Waals surface area contributed by atoms with Crippen LogP contribution in [-0.2, 0) is 13.2 Å². The van der Waals surface area contributed by atoms with Crippen molar-refractivity contribution in [3.8, 4) is 0 Å². The molecule has 4 nitrogen and oxygen atoms in total. The van der Waals surface area contributed by atoms with Crippen LogP contribution in [0.25, 0.3) is 11.0 Å². The van der Waals surface area contributed by atoms with E-state index in [4.69, 9.17) is 0 Å². The van der Waals surface area contributed by atoms with Crippen LogP contribution in [0.1, 0.15) is 25.3 Å². The Kier molecular flexibility index (Phi) is 2.97. The Labute approximate surface area is 88.5 Å². The summed E-state index contributed by atoms with van der Waals surface area (Å²) in [6.07, 6.45) is 2.21. The Bertz CT molecular complexity index is 450. The average molecular weight is 205 g/mol. The van der Waals surface area contributed by atoms with Gasteiger partial charge in [-0.25, -0.2) is 4.68 Å². The van der Waals surface area contributed by atoms with Crippen LogP contribution in [-0.4, -0.2) is 20.1 Å². The van der Waals surface area contributed by atoms with Gasteiger partial charge in [0.1, 0.15) is 5.52 Å². The minimum absolute atomic E-state index is 0.0385. The number of hydrogen-bond acceptors (Lipinski definition) is 3. The fourth-order valence-corrected chi connectivity index (χ4v) is 1.70. The Hall–Kier alpha value is -1.42. The monoisotopic (exact) mass is 205 g/mol. The van der Waals surface area contributed by atoms with Gasteiger partial charge in [-0.2, -0.15) is 0 Å². The summed E-state index contributed by atoms with van der Waals surface area (Å²) >= 11 is 0. The maximum Gasteiger partial charge on any atom is 0.113 e. The highest BCUT2D eigenvalue weighted by molar-refractivity contribution is 5.77. The molecule has 1 N–H and O–H groups in total. The zero-order valence-electron chi connectivity index (χ0n) is 8.85. The first-order chi connectivity index (χ1) is 7.36. The zero-order valence-corrected chi connectivity index (χ0v) is 8.85. The summed E-state index contributed by atoms with van der Waals surface area (Å²) in [5.74, 6) is 0. The van der Waals surface area contributed by atoms with Crippen LogP contribution in [0.15, 0.2) is 18.2 Å². The highest BCUT2D eigenvalue weighted by atomic mass is 16.3. The summed E-state index contributed by atoms with van der Waals surface area (Å²) in [4.78, 5) is 0. The topological polar surface area (TPSA) is 50.9 Å². The number of unbranched alkanes of at least 4 members (excludes halogenated alkanes) is 1. The Morgan fingerprint density at radius 3 is 3.00 bits per heavy atom. The zero-order chi connectivity index (χ0) is 10.7. The van der Waals surface area contributed by atoms with Crippen molar-refractivity contribution in [3.05, 3.63) is 23.8 Å². The average Bonchev–Trinajstić information content (AvgIpc) is 2.69. The standard InChI is InChI=1S/C11H15N3O/c1-2-3-7-14-11-9(8-15)5-4-6-10(11)12-13-14/h4-6,15H,2-3,7-8H2,1H3. The van der Waals surface area contributed by atoms with E-state index in [0.717, 1.165) is 36.0 Å². The Balaban J connectivity index is 2.46. The number of aryl methyl sites for hydroxylation is 1. The largest absolute Gasteiger partial charge is 0.392 e. The van der Waals surface area contributed by atoms with Gasteiger partial charge in [0.2, 0.25) is 0 Å². The minimum atomic E-state index is 0.0385. The molecule has 1 heterocycles. The second kappa shape index (κ2) is 4.40. The van der Waals surface area contributed by atoms with E-state index < -0.39 is 0 Å². The van der Waals surface area contributed by atoms with Gasteiger partial charge in [-0.15, -0.1) is 5.10 Å². The quantitative estimate of drug-likeness (QED) is 0.826. The fraction of sp³-hybridized carbons (Fsp3) is 0.455. The number of para-hydroxylation sites is 1.